The van der Waals surface area contributed by atoms with Gasteiger partial charge in [0.25, 0.3) is 5.69 Å². The van der Waals surface area contributed by atoms with Crippen molar-refractivity contribution in [3.8, 4) is 28.5 Å². The molecule has 2 aromatic heterocycles. The van der Waals surface area contributed by atoms with Gasteiger partial charge in [-0.3, -0.25) is 10.1 Å². The summed E-state index contributed by atoms with van der Waals surface area (Å²) in [7, 11) is 0. The van der Waals surface area contributed by atoms with Crippen molar-refractivity contribution >= 4 is 23.1 Å². The molecule has 2 aromatic carbocycles. The lowest BCUT2D eigenvalue weighted by Gasteiger charge is -2.16. The summed E-state index contributed by atoms with van der Waals surface area (Å²) in [6.07, 6.45) is 1.22. The van der Waals surface area contributed by atoms with Crippen LogP contribution in [0.25, 0.3) is 22.6 Å². The predicted octanol–water partition coefficient (Wildman–Crippen LogP) is 4.93. The van der Waals surface area contributed by atoms with E-state index in [1.807, 2.05) is 30.5 Å². The molecule has 0 saturated carbocycles. The van der Waals surface area contributed by atoms with E-state index in [0.29, 0.717) is 28.3 Å². The van der Waals surface area contributed by atoms with Crippen molar-refractivity contribution < 1.29 is 14.1 Å². The van der Waals surface area contributed by atoms with E-state index < -0.39 is 11.2 Å². The molecule has 1 unspecified atom stereocenters. The maximum absolute atomic E-state index is 10.9. The van der Waals surface area contributed by atoms with Gasteiger partial charge in [-0.1, -0.05) is 30.0 Å². The molecule has 5 rings (SSSR count). The minimum Gasteiger partial charge on any atom is -0.455 e. The maximum atomic E-state index is 10.9. The lowest BCUT2D eigenvalue weighted by atomic mass is 10.1. The standard InChI is InChI=1S/C21H15N5O4S/c1-31-21-23-20-18(24-25-21)14-4-2-3-5-15(14)22-19(30-20)17-11-10-16(29-17)12-6-8-13(9-7-12)26(27)28/h2-11,19,22H,1H3. The highest BCUT2D eigenvalue weighted by molar-refractivity contribution is 7.98. The number of nitrogens with zero attached hydrogens (tertiary/aromatic N) is 4. The fraction of sp³-hybridized carbons (Fsp3) is 0.0952. The van der Waals surface area contributed by atoms with Gasteiger partial charge in [0, 0.05) is 28.9 Å². The largest absolute Gasteiger partial charge is 0.455 e. The first-order valence-corrected chi connectivity index (χ1v) is 10.5. The number of non-ortho nitro benzene ring substituents is 1. The van der Waals surface area contributed by atoms with Crippen LogP contribution in [-0.4, -0.2) is 26.4 Å². The molecule has 1 N–H and O–H groups in total. The Balaban J connectivity index is 1.52. The Morgan fingerprint density at radius 1 is 1.06 bits per heavy atom. The molecule has 9 nitrogen and oxygen atoms in total. The summed E-state index contributed by atoms with van der Waals surface area (Å²) >= 11 is 1.37. The van der Waals surface area contributed by atoms with Gasteiger partial charge in [-0.25, -0.2) is 0 Å². The second-order valence-corrected chi connectivity index (χ2v) is 7.42. The third kappa shape index (κ3) is 3.57. The van der Waals surface area contributed by atoms with Gasteiger partial charge in [-0.05, 0) is 36.6 Å². The zero-order valence-electron chi connectivity index (χ0n) is 16.2. The lowest BCUT2D eigenvalue weighted by molar-refractivity contribution is -0.384. The molecule has 0 saturated heterocycles. The van der Waals surface area contributed by atoms with Crippen LogP contribution >= 0.6 is 11.8 Å². The van der Waals surface area contributed by atoms with Crippen LogP contribution in [0.3, 0.4) is 0 Å². The number of para-hydroxylation sites is 1. The predicted molar refractivity (Wildman–Crippen MR) is 115 cm³/mol. The van der Waals surface area contributed by atoms with Crippen molar-refractivity contribution in [2.24, 2.45) is 0 Å². The van der Waals surface area contributed by atoms with Crippen molar-refractivity contribution in [1.82, 2.24) is 15.2 Å². The van der Waals surface area contributed by atoms with Crippen LogP contribution < -0.4 is 10.1 Å². The topological polar surface area (TPSA) is 116 Å². The number of hydrogen-bond donors (Lipinski definition) is 1. The number of thioether (sulfide) groups is 1. The molecule has 0 radical (unpaired) electrons. The molecule has 0 spiro atoms. The molecule has 1 aliphatic rings. The van der Waals surface area contributed by atoms with Crippen LogP contribution in [-0.2, 0) is 0 Å². The van der Waals surface area contributed by atoms with Gasteiger partial charge >= 0.3 is 0 Å². The Hall–Kier alpha value is -3.92. The van der Waals surface area contributed by atoms with Crippen molar-refractivity contribution in [2.75, 3.05) is 11.6 Å². The summed E-state index contributed by atoms with van der Waals surface area (Å²) in [5.74, 6) is 1.45. The van der Waals surface area contributed by atoms with Crippen LogP contribution in [0, 0.1) is 10.1 Å². The molecular weight excluding hydrogens is 418 g/mol. The molecule has 4 aromatic rings. The minimum absolute atomic E-state index is 0.0225. The number of nitrogens with one attached hydrogen (secondary N) is 1. The molecule has 154 valence electrons. The first-order valence-electron chi connectivity index (χ1n) is 9.28. The van der Waals surface area contributed by atoms with Crippen molar-refractivity contribution in [3.05, 3.63) is 76.5 Å². The summed E-state index contributed by atoms with van der Waals surface area (Å²) in [4.78, 5) is 14.9. The quantitative estimate of drug-likeness (QED) is 0.271. The number of benzene rings is 2. The number of ether oxygens (including phenoxy) is 1. The van der Waals surface area contributed by atoms with E-state index in [9.17, 15) is 10.1 Å². The summed E-state index contributed by atoms with van der Waals surface area (Å²) in [5, 5.41) is 23.2. The molecular formula is C21H15N5O4S. The number of rotatable bonds is 4. The van der Waals surface area contributed by atoms with Crippen molar-refractivity contribution in [1.29, 1.82) is 0 Å². The number of nitro groups is 1. The van der Waals surface area contributed by atoms with Crippen molar-refractivity contribution in [2.45, 2.75) is 11.4 Å². The van der Waals surface area contributed by atoms with E-state index in [2.05, 4.69) is 20.5 Å². The second-order valence-electron chi connectivity index (χ2n) is 6.65. The Morgan fingerprint density at radius 2 is 1.87 bits per heavy atom. The number of anilines is 1. The monoisotopic (exact) mass is 433 g/mol. The zero-order valence-corrected chi connectivity index (χ0v) is 17.0. The molecule has 0 bridgehead atoms. The van der Waals surface area contributed by atoms with Crippen molar-refractivity contribution in [3.63, 3.8) is 0 Å². The lowest BCUT2D eigenvalue weighted by Crippen LogP contribution is -2.16. The summed E-state index contributed by atoms with van der Waals surface area (Å²) in [5.41, 5.74) is 2.93. The van der Waals surface area contributed by atoms with Gasteiger partial charge in [-0.2, -0.15) is 4.98 Å². The molecule has 0 aliphatic carbocycles. The molecule has 0 fully saturated rings. The van der Waals surface area contributed by atoms with Crippen LogP contribution in [0.15, 0.2) is 70.2 Å². The van der Waals surface area contributed by atoms with Gasteiger partial charge in [-0.15, -0.1) is 10.2 Å². The van der Waals surface area contributed by atoms with Gasteiger partial charge < -0.3 is 14.5 Å². The van der Waals surface area contributed by atoms with Crippen LogP contribution in [0.5, 0.6) is 5.88 Å². The minimum atomic E-state index is -0.652. The van der Waals surface area contributed by atoms with E-state index in [1.165, 1.54) is 23.9 Å². The smallest absolute Gasteiger partial charge is 0.269 e. The highest BCUT2D eigenvalue weighted by Gasteiger charge is 2.28. The van der Waals surface area contributed by atoms with Gasteiger partial charge in [0.15, 0.2) is 11.5 Å². The first-order chi connectivity index (χ1) is 15.1. The normalized spacial score (nSPS) is 14.5. The number of hydrogen-bond acceptors (Lipinski definition) is 9. The summed E-state index contributed by atoms with van der Waals surface area (Å²) in [6.45, 7) is 0. The zero-order chi connectivity index (χ0) is 21.4. The SMILES string of the molecule is CSc1nnc2c(n1)OC(c1ccc(-c3ccc([N+](=O)[O-])cc3)o1)Nc1ccccc1-2. The molecule has 0 amide bonds. The molecule has 10 heteroatoms. The van der Waals surface area contributed by atoms with Crippen LogP contribution in [0.1, 0.15) is 12.0 Å². The van der Waals surface area contributed by atoms with Gasteiger partial charge in [0.2, 0.25) is 17.3 Å². The van der Waals surface area contributed by atoms with Gasteiger partial charge in [0.05, 0.1) is 4.92 Å². The summed E-state index contributed by atoms with van der Waals surface area (Å²) < 4.78 is 12.2. The Labute approximate surface area is 180 Å². The Morgan fingerprint density at radius 3 is 2.65 bits per heavy atom. The van der Waals surface area contributed by atoms with Gasteiger partial charge in [0.1, 0.15) is 5.76 Å². The van der Waals surface area contributed by atoms with E-state index >= 15 is 0 Å². The highest BCUT2D eigenvalue weighted by Crippen LogP contribution is 2.40. The molecule has 31 heavy (non-hydrogen) atoms. The van der Waals surface area contributed by atoms with E-state index in [0.717, 1.165) is 16.8 Å². The van der Waals surface area contributed by atoms with Crippen LogP contribution in [0.2, 0.25) is 0 Å². The third-order valence-electron chi connectivity index (χ3n) is 4.76. The average Bonchev–Trinajstić information content (AvgIpc) is 3.23. The van der Waals surface area contributed by atoms with E-state index in [1.54, 1.807) is 24.3 Å². The average molecular weight is 433 g/mol. The number of nitro benzene ring substituents is 1. The number of furan rings is 1. The first kappa shape index (κ1) is 19.1. The maximum Gasteiger partial charge on any atom is 0.269 e. The summed E-state index contributed by atoms with van der Waals surface area (Å²) in [6, 6.07) is 17.4. The number of fused-ring (bicyclic) bond motifs is 3. The second kappa shape index (κ2) is 7.73. The van der Waals surface area contributed by atoms with E-state index in [4.69, 9.17) is 9.15 Å². The molecule has 1 aliphatic heterocycles. The molecule has 1 atom stereocenters. The fourth-order valence-corrected chi connectivity index (χ4v) is 3.56. The Bertz CT molecular complexity index is 1280. The fourth-order valence-electron chi connectivity index (χ4n) is 3.26. The molecule has 3 heterocycles. The van der Waals surface area contributed by atoms with E-state index in [-0.39, 0.29) is 5.69 Å². The third-order valence-corrected chi connectivity index (χ3v) is 5.30. The number of aromatic nitrogens is 3. The highest BCUT2D eigenvalue weighted by atomic mass is 32.2. The Kier molecular flexibility index (Phi) is 4.75. The van der Waals surface area contributed by atoms with Crippen LogP contribution in [0.4, 0.5) is 11.4 Å².